The molecule has 0 saturated carbocycles. The first-order valence-corrected chi connectivity index (χ1v) is 5.96. The third-order valence-electron chi connectivity index (χ3n) is 2.32. The van der Waals surface area contributed by atoms with E-state index in [1.165, 1.54) is 0 Å². The molecule has 1 unspecified atom stereocenters. The summed E-state index contributed by atoms with van der Waals surface area (Å²) in [6.45, 7) is 10.3. The summed E-state index contributed by atoms with van der Waals surface area (Å²) < 4.78 is 11.3. The molecule has 0 saturated heterocycles. The molecule has 0 aliphatic carbocycles. The van der Waals surface area contributed by atoms with Crippen LogP contribution in [0, 0.1) is 6.92 Å². The maximum Gasteiger partial charge on any atom is 0.164 e. The number of aliphatic hydroxyl groups excluding tert-OH is 1. The zero-order valence-electron chi connectivity index (χ0n) is 10.8. The minimum atomic E-state index is -0.202. The van der Waals surface area contributed by atoms with Crippen molar-refractivity contribution in [3.63, 3.8) is 0 Å². The average Bonchev–Trinajstić information content (AvgIpc) is 2.30. The molecule has 1 aromatic rings. The minimum Gasteiger partial charge on any atom is -0.490 e. The Morgan fingerprint density at radius 3 is 2.59 bits per heavy atom. The van der Waals surface area contributed by atoms with Gasteiger partial charge in [-0.15, -0.1) is 0 Å². The van der Waals surface area contributed by atoms with E-state index in [1.54, 1.807) is 0 Å². The van der Waals surface area contributed by atoms with Crippen molar-refractivity contribution in [2.45, 2.75) is 32.8 Å². The molecule has 1 radical (unpaired) electrons. The summed E-state index contributed by atoms with van der Waals surface area (Å²) in [6, 6.07) is 5.67. The summed E-state index contributed by atoms with van der Waals surface area (Å²) in [5.74, 6) is 1.20. The van der Waals surface area contributed by atoms with Gasteiger partial charge in [0.25, 0.3) is 0 Å². The average molecular weight is 237 g/mol. The number of rotatable bonds is 6. The van der Waals surface area contributed by atoms with Crippen LogP contribution >= 0.6 is 0 Å². The van der Waals surface area contributed by atoms with Crippen LogP contribution < -0.4 is 9.47 Å². The van der Waals surface area contributed by atoms with Gasteiger partial charge in [0.1, 0.15) is 0 Å². The molecule has 1 aromatic carbocycles. The molecule has 0 aromatic heterocycles. The van der Waals surface area contributed by atoms with E-state index in [2.05, 4.69) is 6.92 Å². The lowest BCUT2D eigenvalue weighted by molar-refractivity contribution is 0.221. The van der Waals surface area contributed by atoms with Crippen LogP contribution in [-0.2, 0) is 0 Å². The van der Waals surface area contributed by atoms with Gasteiger partial charge in [-0.1, -0.05) is 12.1 Å². The van der Waals surface area contributed by atoms with Crippen LogP contribution in [0.4, 0.5) is 0 Å². The first kappa shape index (κ1) is 13.8. The number of benzene rings is 1. The van der Waals surface area contributed by atoms with Crippen LogP contribution in [0.25, 0.3) is 0 Å². The van der Waals surface area contributed by atoms with Gasteiger partial charge in [0.2, 0.25) is 0 Å². The molecule has 1 N–H and O–H groups in total. The van der Waals surface area contributed by atoms with Gasteiger partial charge < -0.3 is 14.6 Å². The summed E-state index contributed by atoms with van der Waals surface area (Å²) >= 11 is 0. The van der Waals surface area contributed by atoms with E-state index in [9.17, 15) is 5.11 Å². The first-order chi connectivity index (χ1) is 8.10. The van der Waals surface area contributed by atoms with E-state index in [-0.39, 0.29) is 18.6 Å². The third-order valence-corrected chi connectivity index (χ3v) is 2.32. The van der Waals surface area contributed by atoms with Crippen molar-refractivity contribution >= 4 is 0 Å². The zero-order valence-corrected chi connectivity index (χ0v) is 10.8. The van der Waals surface area contributed by atoms with Crippen molar-refractivity contribution < 1.29 is 14.6 Å². The molecule has 17 heavy (non-hydrogen) atoms. The topological polar surface area (TPSA) is 38.7 Å². The Kier molecular flexibility index (Phi) is 5.29. The fourth-order valence-electron chi connectivity index (χ4n) is 1.60. The Labute approximate surface area is 103 Å². The number of aliphatic hydroxyl groups is 1. The Morgan fingerprint density at radius 1 is 1.35 bits per heavy atom. The van der Waals surface area contributed by atoms with E-state index < -0.39 is 0 Å². The molecule has 1 rings (SSSR count). The fraction of sp³-hybridized carbons (Fsp3) is 0.500. The highest BCUT2D eigenvalue weighted by atomic mass is 16.5. The monoisotopic (exact) mass is 237 g/mol. The second kappa shape index (κ2) is 6.50. The van der Waals surface area contributed by atoms with Gasteiger partial charge in [-0.2, -0.15) is 0 Å². The van der Waals surface area contributed by atoms with E-state index in [4.69, 9.17) is 9.47 Å². The Hall–Kier alpha value is -1.22. The van der Waals surface area contributed by atoms with Crippen molar-refractivity contribution in [1.82, 2.24) is 0 Å². The Morgan fingerprint density at radius 2 is 2.06 bits per heavy atom. The first-order valence-electron chi connectivity index (χ1n) is 5.96. The van der Waals surface area contributed by atoms with Crippen molar-refractivity contribution in [3.8, 4) is 11.5 Å². The van der Waals surface area contributed by atoms with Crippen LogP contribution in [0.5, 0.6) is 11.5 Å². The van der Waals surface area contributed by atoms with Crippen LogP contribution in [0.2, 0.25) is 0 Å². The van der Waals surface area contributed by atoms with Gasteiger partial charge in [0.05, 0.1) is 19.3 Å². The van der Waals surface area contributed by atoms with E-state index >= 15 is 0 Å². The standard InChI is InChI=1S/C14H21O3/c1-5-16-14-12(11(4)9-15)7-6-8-13(14)17-10(2)3/h6-8,10-11,15H,4-5,9H2,1-3H3. The second-order valence-electron chi connectivity index (χ2n) is 4.15. The maximum absolute atomic E-state index is 9.19. The second-order valence-corrected chi connectivity index (χ2v) is 4.15. The van der Waals surface area contributed by atoms with E-state index in [0.29, 0.717) is 18.1 Å². The minimum absolute atomic E-state index is 0.00872. The van der Waals surface area contributed by atoms with Crippen LogP contribution in [0.1, 0.15) is 32.3 Å². The number of hydrogen-bond acceptors (Lipinski definition) is 3. The molecule has 0 spiro atoms. The molecule has 95 valence electrons. The van der Waals surface area contributed by atoms with Crippen molar-refractivity contribution in [2.24, 2.45) is 0 Å². The Balaban J connectivity index is 3.11. The molecule has 0 amide bonds. The summed E-state index contributed by atoms with van der Waals surface area (Å²) in [4.78, 5) is 0. The molecule has 0 aliphatic heterocycles. The highest BCUT2D eigenvalue weighted by molar-refractivity contribution is 5.48. The predicted octanol–water partition coefficient (Wildman–Crippen LogP) is 2.78. The normalized spacial score (nSPS) is 12.6. The number of para-hydroxylation sites is 1. The summed E-state index contributed by atoms with van der Waals surface area (Å²) in [5.41, 5.74) is 0.882. The quantitative estimate of drug-likeness (QED) is 0.826. The molecule has 0 heterocycles. The Bertz CT molecular complexity index is 347. The van der Waals surface area contributed by atoms with Gasteiger partial charge in [-0.3, -0.25) is 0 Å². The molecular weight excluding hydrogens is 216 g/mol. The summed E-state index contributed by atoms with van der Waals surface area (Å²) in [7, 11) is 0. The SMILES string of the molecule is [CH2]C(CO)c1cccc(OC(C)C)c1OCC. The number of ether oxygens (including phenoxy) is 2. The molecule has 1 atom stereocenters. The van der Waals surface area contributed by atoms with Gasteiger partial charge in [-0.05, 0) is 33.8 Å². The lowest BCUT2D eigenvalue weighted by Crippen LogP contribution is -2.10. The van der Waals surface area contributed by atoms with E-state index in [1.807, 2.05) is 39.0 Å². The molecule has 0 bridgehead atoms. The molecule has 0 aliphatic rings. The van der Waals surface area contributed by atoms with Crippen LogP contribution in [0.3, 0.4) is 0 Å². The van der Waals surface area contributed by atoms with Crippen molar-refractivity contribution in [3.05, 3.63) is 30.7 Å². The summed E-state index contributed by atoms with van der Waals surface area (Å²) in [5, 5.41) is 9.19. The zero-order chi connectivity index (χ0) is 12.8. The highest BCUT2D eigenvalue weighted by Gasteiger charge is 2.16. The molecule has 3 nitrogen and oxygen atoms in total. The maximum atomic E-state index is 9.19. The van der Waals surface area contributed by atoms with Crippen molar-refractivity contribution in [2.75, 3.05) is 13.2 Å². The van der Waals surface area contributed by atoms with E-state index in [0.717, 1.165) is 5.56 Å². The molecule has 3 heteroatoms. The molecule has 0 fully saturated rings. The lowest BCUT2D eigenvalue weighted by Gasteiger charge is -2.19. The summed E-state index contributed by atoms with van der Waals surface area (Å²) in [6.07, 6.45) is 0.0850. The predicted molar refractivity (Wildman–Crippen MR) is 68.6 cm³/mol. The van der Waals surface area contributed by atoms with Crippen LogP contribution in [0.15, 0.2) is 18.2 Å². The fourth-order valence-corrected chi connectivity index (χ4v) is 1.60. The molecular formula is C14H21O3. The lowest BCUT2D eigenvalue weighted by atomic mass is 10.0. The van der Waals surface area contributed by atoms with Gasteiger partial charge >= 0.3 is 0 Å². The van der Waals surface area contributed by atoms with Gasteiger partial charge in [-0.25, -0.2) is 0 Å². The smallest absolute Gasteiger partial charge is 0.164 e. The highest BCUT2D eigenvalue weighted by Crippen LogP contribution is 2.36. The van der Waals surface area contributed by atoms with Crippen molar-refractivity contribution in [1.29, 1.82) is 0 Å². The van der Waals surface area contributed by atoms with Gasteiger partial charge in [0, 0.05) is 11.5 Å². The third kappa shape index (κ3) is 3.63. The largest absolute Gasteiger partial charge is 0.490 e. The van der Waals surface area contributed by atoms with Crippen LogP contribution in [-0.4, -0.2) is 24.4 Å². The number of hydrogen-bond donors (Lipinski definition) is 1. The van der Waals surface area contributed by atoms with Gasteiger partial charge in [0.15, 0.2) is 11.5 Å².